The summed E-state index contributed by atoms with van der Waals surface area (Å²) in [5.74, 6) is -1.93. The summed E-state index contributed by atoms with van der Waals surface area (Å²) in [6.45, 7) is 5.78. The third-order valence-corrected chi connectivity index (χ3v) is 4.96. The number of carboxylic acid groups (broad SMARTS) is 1. The third kappa shape index (κ3) is 3.83. The Hall–Kier alpha value is -1.94. The molecule has 0 fully saturated rings. The van der Waals surface area contributed by atoms with Gasteiger partial charge < -0.3 is 10.4 Å². The van der Waals surface area contributed by atoms with Gasteiger partial charge in [0.2, 0.25) is 15.9 Å². The van der Waals surface area contributed by atoms with Crippen molar-refractivity contribution in [2.75, 3.05) is 0 Å². The van der Waals surface area contributed by atoms with Crippen molar-refractivity contribution in [2.24, 2.45) is 7.05 Å². The molecular weight excluding hydrogens is 312 g/mol. The van der Waals surface area contributed by atoms with E-state index < -0.39 is 34.0 Å². The van der Waals surface area contributed by atoms with Crippen molar-refractivity contribution in [2.45, 2.75) is 44.7 Å². The summed E-state index contributed by atoms with van der Waals surface area (Å²) in [5, 5.41) is 15.0. The van der Waals surface area contributed by atoms with Crippen LogP contribution < -0.4 is 10.0 Å². The van der Waals surface area contributed by atoms with Crippen LogP contribution >= 0.6 is 0 Å². The maximum absolute atomic E-state index is 12.4. The summed E-state index contributed by atoms with van der Waals surface area (Å²) >= 11 is 0. The van der Waals surface area contributed by atoms with Crippen LogP contribution in [0.25, 0.3) is 0 Å². The van der Waals surface area contributed by atoms with Crippen molar-refractivity contribution in [3.63, 3.8) is 0 Å². The van der Waals surface area contributed by atoms with Crippen LogP contribution in [0.1, 0.15) is 25.2 Å². The number of carbonyl (C=O) groups excluding carboxylic acids is 1. The van der Waals surface area contributed by atoms with Crippen LogP contribution in [-0.2, 0) is 26.7 Å². The Morgan fingerprint density at radius 3 is 2.18 bits per heavy atom. The lowest BCUT2D eigenvalue weighted by atomic mass is 10.3. The fourth-order valence-electron chi connectivity index (χ4n) is 1.89. The van der Waals surface area contributed by atoms with Gasteiger partial charge in [-0.25, -0.2) is 8.42 Å². The van der Waals surface area contributed by atoms with Crippen molar-refractivity contribution >= 4 is 21.9 Å². The highest BCUT2D eigenvalue weighted by Gasteiger charge is 2.28. The smallest absolute Gasteiger partial charge is 0.325 e. The number of hydrogen-bond acceptors (Lipinski definition) is 5. The van der Waals surface area contributed by atoms with Gasteiger partial charge in [-0.05, 0) is 27.7 Å². The first-order chi connectivity index (χ1) is 9.97. The zero-order valence-electron chi connectivity index (χ0n) is 13.0. The van der Waals surface area contributed by atoms with Crippen LogP contribution in [-0.4, -0.2) is 47.3 Å². The van der Waals surface area contributed by atoms with Gasteiger partial charge in [0.05, 0.1) is 17.4 Å². The van der Waals surface area contributed by atoms with Crippen molar-refractivity contribution < 1.29 is 23.1 Å². The number of rotatable bonds is 6. The van der Waals surface area contributed by atoms with Crippen molar-refractivity contribution in [1.82, 2.24) is 19.8 Å². The molecule has 1 heterocycles. The molecule has 0 aliphatic rings. The maximum Gasteiger partial charge on any atom is 0.325 e. The van der Waals surface area contributed by atoms with E-state index in [0.717, 1.165) is 0 Å². The number of nitrogens with one attached hydrogen (secondary N) is 2. The molecule has 1 amide bonds. The molecule has 0 radical (unpaired) electrons. The van der Waals surface area contributed by atoms with Gasteiger partial charge in [-0.2, -0.15) is 9.82 Å². The number of nitrogens with zero attached hydrogens (tertiary/aromatic N) is 2. The van der Waals surface area contributed by atoms with E-state index in [1.54, 1.807) is 20.9 Å². The number of hydrogen-bond donors (Lipinski definition) is 3. The van der Waals surface area contributed by atoms with Crippen LogP contribution in [0.4, 0.5) is 0 Å². The first-order valence-corrected chi connectivity index (χ1v) is 8.01. The van der Waals surface area contributed by atoms with E-state index in [1.165, 1.54) is 18.5 Å². The molecule has 9 nitrogen and oxygen atoms in total. The normalized spacial score (nSPS) is 14.4. The quantitative estimate of drug-likeness (QED) is 0.631. The lowest BCUT2D eigenvalue weighted by molar-refractivity contribution is -0.141. The van der Waals surface area contributed by atoms with Gasteiger partial charge in [-0.15, -0.1) is 0 Å². The van der Waals surface area contributed by atoms with Crippen molar-refractivity contribution in [3.8, 4) is 0 Å². The van der Waals surface area contributed by atoms with E-state index in [-0.39, 0.29) is 4.90 Å². The molecule has 0 saturated carbocycles. The summed E-state index contributed by atoms with van der Waals surface area (Å²) in [6.07, 6.45) is 0. The monoisotopic (exact) mass is 332 g/mol. The summed E-state index contributed by atoms with van der Waals surface area (Å²) < 4.78 is 28.4. The van der Waals surface area contributed by atoms with Gasteiger partial charge in [0.1, 0.15) is 10.9 Å². The van der Waals surface area contributed by atoms with Crippen molar-refractivity contribution in [1.29, 1.82) is 0 Å². The number of aliphatic carboxylic acids is 1. The third-order valence-electron chi connectivity index (χ3n) is 3.17. The average Bonchev–Trinajstić information content (AvgIpc) is 2.62. The predicted molar refractivity (Wildman–Crippen MR) is 77.7 cm³/mol. The van der Waals surface area contributed by atoms with Gasteiger partial charge in [0.15, 0.2) is 0 Å². The Kier molecular flexibility index (Phi) is 5.30. The molecule has 0 saturated heterocycles. The highest BCUT2D eigenvalue weighted by Crippen LogP contribution is 2.18. The van der Waals surface area contributed by atoms with Crippen LogP contribution in [0.15, 0.2) is 4.90 Å². The number of aromatic nitrogens is 2. The number of carboxylic acids is 1. The van der Waals surface area contributed by atoms with E-state index in [9.17, 15) is 18.0 Å². The van der Waals surface area contributed by atoms with E-state index in [1.807, 2.05) is 0 Å². The summed E-state index contributed by atoms with van der Waals surface area (Å²) in [5.41, 5.74) is 0.760. The Bertz CT molecular complexity index is 695. The van der Waals surface area contributed by atoms with E-state index in [4.69, 9.17) is 5.11 Å². The molecule has 22 heavy (non-hydrogen) atoms. The minimum atomic E-state index is -3.94. The topological polar surface area (TPSA) is 130 Å². The highest BCUT2D eigenvalue weighted by molar-refractivity contribution is 7.89. The lowest BCUT2D eigenvalue weighted by Crippen LogP contribution is -2.49. The fourth-order valence-corrected chi connectivity index (χ4v) is 3.53. The summed E-state index contributed by atoms with van der Waals surface area (Å²) in [7, 11) is -2.33. The average molecular weight is 332 g/mol. The Balaban J connectivity index is 2.93. The maximum atomic E-state index is 12.4. The van der Waals surface area contributed by atoms with Crippen LogP contribution in [0.5, 0.6) is 0 Å². The molecule has 10 heteroatoms. The van der Waals surface area contributed by atoms with Crippen LogP contribution in [0, 0.1) is 13.8 Å². The Labute approximate surface area is 128 Å². The molecule has 1 aromatic rings. The zero-order chi connectivity index (χ0) is 17.2. The second-order valence-corrected chi connectivity index (χ2v) is 6.69. The zero-order valence-corrected chi connectivity index (χ0v) is 13.9. The van der Waals surface area contributed by atoms with Gasteiger partial charge in [-0.3, -0.25) is 14.3 Å². The minimum Gasteiger partial charge on any atom is -0.480 e. The molecule has 0 aliphatic carbocycles. The predicted octanol–water partition coefficient (Wildman–Crippen LogP) is -0.707. The van der Waals surface area contributed by atoms with Gasteiger partial charge in [-0.1, -0.05) is 0 Å². The lowest BCUT2D eigenvalue weighted by Gasteiger charge is -2.16. The molecule has 1 aromatic heterocycles. The highest BCUT2D eigenvalue weighted by atomic mass is 32.2. The molecule has 0 spiro atoms. The molecule has 2 unspecified atom stereocenters. The minimum absolute atomic E-state index is 0.0148. The molecule has 0 aromatic carbocycles. The summed E-state index contributed by atoms with van der Waals surface area (Å²) in [4.78, 5) is 22.5. The molecule has 1 rings (SSSR count). The Morgan fingerprint density at radius 1 is 1.23 bits per heavy atom. The fraction of sp³-hybridized carbons (Fsp3) is 0.583. The second kappa shape index (κ2) is 6.44. The molecule has 124 valence electrons. The number of aryl methyl sites for hydroxylation is 2. The van der Waals surface area contributed by atoms with Crippen LogP contribution in [0.2, 0.25) is 0 Å². The van der Waals surface area contributed by atoms with Gasteiger partial charge >= 0.3 is 5.97 Å². The van der Waals surface area contributed by atoms with Crippen LogP contribution in [0.3, 0.4) is 0 Å². The van der Waals surface area contributed by atoms with E-state index in [2.05, 4.69) is 15.1 Å². The van der Waals surface area contributed by atoms with E-state index in [0.29, 0.717) is 11.4 Å². The van der Waals surface area contributed by atoms with Gasteiger partial charge in [0.25, 0.3) is 0 Å². The SMILES string of the molecule is Cc1nn(C)c(C)c1S(=O)(=O)NC(C)C(=O)NC(C)C(=O)O. The largest absolute Gasteiger partial charge is 0.480 e. The number of amides is 1. The Morgan fingerprint density at radius 2 is 1.77 bits per heavy atom. The van der Waals surface area contributed by atoms with E-state index >= 15 is 0 Å². The second-order valence-electron chi connectivity index (χ2n) is 5.04. The molecular formula is C12H20N4O5S. The standard InChI is InChI=1S/C12H20N4O5S/c1-6-10(9(4)16(5)14-6)22(20,21)15-7(2)11(17)13-8(3)12(18)19/h7-8,15H,1-5H3,(H,13,17)(H,18,19). The first kappa shape index (κ1) is 18.1. The summed E-state index contributed by atoms with van der Waals surface area (Å²) in [6, 6.07) is -2.23. The molecule has 0 aliphatic heterocycles. The molecule has 3 N–H and O–H groups in total. The molecule has 2 atom stereocenters. The van der Waals surface area contributed by atoms with Crippen molar-refractivity contribution in [3.05, 3.63) is 11.4 Å². The van der Waals surface area contributed by atoms with Gasteiger partial charge in [0, 0.05) is 7.05 Å². The number of carbonyl (C=O) groups is 2. The molecule has 0 bridgehead atoms. The first-order valence-electron chi connectivity index (χ1n) is 6.53. The number of sulfonamides is 1.